The molecule has 3 aromatic carbocycles. The van der Waals surface area contributed by atoms with Crippen LogP contribution < -0.4 is 4.90 Å². The van der Waals surface area contributed by atoms with Gasteiger partial charge in [-0.25, -0.2) is 4.79 Å². The van der Waals surface area contributed by atoms with E-state index >= 15 is 0 Å². The van der Waals surface area contributed by atoms with Crippen molar-refractivity contribution < 1.29 is 24.2 Å². The molecule has 1 N–H and O–H groups in total. The second-order valence-corrected chi connectivity index (χ2v) is 7.40. The van der Waals surface area contributed by atoms with Gasteiger partial charge in [0.1, 0.15) is 0 Å². The molecule has 0 saturated heterocycles. The Morgan fingerprint density at radius 2 is 1.55 bits per heavy atom. The number of benzene rings is 3. The number of amides is 1. The molecule has 1 aliphatic rings. The summed E-state index contributed by atoms with van der Waals surface area (Å²) in [4.78, 5) is 28.3. The first-order chi connectivity index (χ1) is 15.0. The molecule has 6 nitrogen and oxygen atoms in total. The highest BCUT2D eigenvalue weighted by Crippen LogP contribution is 2.52. The molecule has 0 fully saturated rings. The van der Waals surface area contributed by atoms with Crippen LogP contribution in [-0.4, -0.2) is 31.1 Å². The molecule has 1 amide bonds. The van der Waals surface area contributed by atoms with Crippen molar-refractivity contribution in [2.45, 2.75) is 17.8 Å². The summed E-state index contributed by atoms with van der Waals surface area (Å²) in [7, 11) is 2.77. The van der Waals surface area contributed by atoms with Crippen LogP contribution in [0.2, 0.25) is 0 Å². The van der Waals surface area contributed by atoms with Gasteiger partial charge in [-0.2, -0.15) is 0 Å². The molecular formula is C25H23NO5. The number of fused-ring (bicyclic) bond motifs is 1. The van der Waals surface area contributed by atoms with Crippen LogP contribution in [0.3, 0.4) is 0 Å². The lowest BCUT2D eigenvalue weighted by Crippen LogP contribution is -2.61. The maximum absolute atomic E-state index is 13.5. The average molecular weight is 417 g/mol. The summed E-state index contributed by atoms with van der Waals surface area (Å²) in [6, 6.07) is 24.6. The Kier molecular flexibility index (Phi) is 5.35. The second kappa shape index (κ2) is 7.98. The van der Waals surface area contributed by atoms with Crippen LogP contribution in [0.4, 0.5) is 5.69 Å². The predicted molar refractivity (Wildman–Crippen MR) is 115 cm³/mol. The Morgan fingerprint density at radius 3 is 2.19 bits per heavy atom. The highest BCUT2D eigenvalue weighted by Gasteiger charge is 2.68. The first-order valence-electron chi connectivity index (χ1n) is 9.88. The molecule has 6 heteroatoms. The third-order valence-corrected chi connectivity index (χ3v) is 5.73. The van der Waals surface area contributed by atoms with Gasteiger partial charge in [0.25, 0.3) is 5.91 Å². The maximum Gasteiger partial charge on any atom is 0.346 e. The summed E-state index contributed by atoms with van der Waals surface area (Å²) in [6.07, 6.45) is 0. The number of para-hydroxylation sites is 1. The number of anilines is 1. The zero-order valence-electron chi connectivity index (χ0n) is 17.3. The van der Waals surface area contributed by atoms with Crippen LogP contribution in [0.5, 0.6) is 0 Å². The van der Waals surface area contributed by atoms with Crippen molar-refractivity contribution in [1.29, 1.82) is 0 Å². The topological polar surface area (TPSA) is 76.1 Å². The number of carbonyl (C=O) groups excluding carboxylic acids is 2. The van der Waals surface area contributed by atoms with Crippen molar-refractivity contribution in [2.24, 2.45) is 0 Å². The number of hydrogen-bond donors (Lipinski definition) is 1. The summed E-state index contributed by atoms with van der Waals surface area (Å²) >= 11 is 0. The lowest BCUT2D eigenvalue weighted by molar-refractivity contribution is -0.220. The summed E-state index contributed by atoms with van der Waals surface area (Å²) in [5.41, 5.74) is -2.58. The van der Waals surface area contributed by atoms with Crippen LogP contribution in [0, 0.1) is 0 Å². The van der Waals surface area contributed by atoms with Crippen molar-refractivity contribution in [2.75, 3.05) is 19.1 Å². The summed E-state index contributed by atoms with van der Waals surface area (Å²) in [6.45, 7) is -0.0215. The third kappa shape index (κ3) is 3.03. The number of carbonyl (C=O) groups is 2. The molecule has 0 radical (unpaired) electrons. The Hall–Kier alpha value is -3.48. The van der Waals surface area contributed by atoms with Crippen molar-refractivity contribution in [3.05, 3.63) is 102 Å². The zero-order valence-corrected chi connectivity index (χ0v) is 17.3. The summed E-state index contributed by atoms with van der Waals surface area (Å²) < 4.78 is 11.4. The van der Waals surface area contributed by atoms with E-state index in [9.17, 15) is 14.7 Å². The van der Waals surface area contributed by atoms with E-state index < -0.39 is 23.1 Å². The van der Waals surface area contributed by atoms with Crippen molar-refractivity contribution in [1.82, 2.24) is 0 Å². The van der Waals surface area contributed by atoms with E-state index in [2.05, 4.69) is 0 Å². The Balaban J connectivity index is 1.98. The predicted octanol–water partition coefficient (Wildman–Crippen LogP) is 3.14. The van der Waals surface area contributed by atoms with Crippen molar-refractivity contribution >= 4 is 17.6 Å². The van der Waals surface area contributed by atoms with Crippen LogP contribution >= 0.6 is 0 Å². The van der Waals surface area contributed by atoms with Crippen molar-refractivity contribution in [3.8, 4) is 0 Å². The number of rotatable bonds is 6. The fourth-order valence-electron chi connectivity index (χ4n) is 4.18. The minimum absolute atomic E-state index is 0.0215. The minimum Gasteiger partial charge on any atom is -0.467 e. The third-order valence-electron chi connectivity index (χ3n) is 5.73. The highest BCUT2D eigenvalue weighted by atomic mass is 16.6. The molecule has 3 aromatic rings. The van der Waals surface area contributed by atoms with Gasteiger partial charge in [0.05, 0.1) is 19.4 Å². The van der Waals surface area contributed by atoms with Gasteiger partial charge in [-0.1, -0.05) is 78.9 Å². The number of hydrogen-bond acceptors (Lipinski definition) is 5. The van der Waals surface area contributed by atoms with E-state index in [0.717, 1.165) is 5.56 Å². The van der Waals surface area contributed by atoms with E-state index in [0.29, 0.717) is 11.3 Å². The molecule has 1 aliphatic heterocycles. The Labute approximate surface area is 180 Å². The highest BCUT2D eigenvalue weighted by molar-refractivity contribution is 6.10. The van der Waals surface area contributed by atoms with Gasteiger partial charge in [0, 0.05) is 12.6 Å². The smallest absolute Gasteiger partial charge is 0.346 e. The molecule has 4 rings (SSSR count). The molecule has 0 spiro atoms. The first-order valence-corrected chi connectivity index (χ1v) is 9.88. The van der Waals surface area contributed by atoms with Gasteiger partial charge in [-0.15, -0.1) is 0 Å². The van der Waals surface area contributed by atoms with E-state index in [4.69, 9.17) is 9.47 Å². The molecule has 0 bridgehead atoms. The molecule has 158 valence electrons. The first kappa shape index (κ1) is 20.8. The lowest BCUT2D eigenvalue weighted by Gasteiger charge is -2.41. The molecule has 0 unspecified atom stereocenters. The Morgan fingerprint density at radius 1 is 0.968 bits per heavy atom. The SMILES string of the molecule is COC(=O)[C@@](OCc1ccccc1)(c1ccccc1)[C@]1(O)C(=O)N(C)c2ccccc21. The fourth-order valence-corrected chi connectivity index (χ4v) is 4.18. The second-order valence-electron chi connectivity index (χ2n) is 7.40. The number of esters is 1. The van der Waals surface area contributed by atoms with Crippen LogP contribution in [0.15, 0.2) is 84.9 Å². The van der Waals surface area contributed by atoms with E-state index in [-0.39, 0.29) is 12.2 Å². The number of likely N-dealkylation sites (N-methyl/N-ethyl adjacent to an activating group) is 1. The number of nitrogens with zero attached hydrogens (tertiary/aromatic N) is 1. The molecule has 31 heavy (non-hydrogen) atoms. The standard InChI is InChI=1S/C25H23NO5/c1-26-21-16-10-9-15-20(21)24(29,22(26)27)25(23(28)30-2,19-13-7-4-8-14-19)31-17-18-11-5-3-6-12-18/h3-16,29H,17H2,1-2H3/t24-,25+/m1/s1. The Bertz CT molecular complexity index is 1100. The quantitative estimate of drug-likeness (QED) is 0.624. The zero-order chi connectivity index (χ0) is 22.1. The summed E-state index contributed by atoms with van der Waals surface area (Å²) in [5.74, 6) is -1.54. The molecule has 0 aromatic heterocycles. The monoisotopic (exact) mass is 417 g/mol. The normalized spacial score (nSPS) is 19.6. The van der Waals surface area contributed by atoms with Crippen LogP contribution in [-0.2, 0) is 36.9 Å². The molecule has 1 heterocycles. The van der Waals surface area contributed by atoms with E-state index in [1.54, 1.807) is 61.6 Å². The fraction of sp³-hybridized carbons (Fsp3) is 0.200. The van der Waals surface area contributed by atoms with E-state index in [1.165, 1.54) is 12.0 Å². The number of methoxy groups -OCH3 is 1. The molecule has 0 saturated carbocycles. The average Bonchev–Trinajstić information content (AvgIpc) is 3.03. The molecule has 2 atom stereocenters. The number of aliphatic hydroxyl groups is 1. The number of ether oxygens (including phenoxy) is 2. The van der Waals surface area contributed by atoms with Gasteiger partial charge >= 0.3 is 5.97 Å². The van der Waals surface area contributed by atoms with Gasteiger partial charge in [0.15, 0.2) is 0 Å². The van der Waals surface area contributed by atoms with Crippen molar-refractivity contribution in [3.63, 3.8) is 0 Å². The van der Waals surface area contributed by atoms with Crippen LogP contribution in [0.1, 0.15) is 16.7 Å². The maximum atomic E-state index is 13.5. The molecular weight excluding hydrogens is 394 g/mol. The largest absolute Gasteiger partial charge is 0.467 e. The molecule has 0 aliphatic carbocycles. The van der Waals surface area contributed by atoms with Gasteiger partial charge in [-0.3, -0.25) is 4.79 Å². The lowest BCUT2D eigenvalue weighted by atomic mass is 9.73. The van der Waals surface area contributed by atoms with Gasteiger partial charge in [-0.05, 0) is 17.2 Å². The van der Waals surface area contributed by atoms with Crippen LogP contribution in [0.25, 0.3) is 0 Å². The summed E-state index contributed by atoms with van der Waals surface area (Å²) in [5, 5.41) is 12.1. The minimum atomic E-state index is -2.33. The van der Waals surface area contributed by atoms with E-state index in [1.807, 2.05) is 30.3 Å². The van der Waals surface area contributed by atoms with Gasteiger partial charge in [0.2, 0.25) is 11.2 Å². The van der Waals surface area contributed by atoms with Gasteiger partial charge < -0.3 is 19.5 Å².